The molecule has 0 aromatic heterocycles. The zero-order valence-electron chi connectivity index (χ0n) is 15.1. The van der Waals surface area contributed by atoms with Crippen molar-refractivity contribution >= 4 is 28.7 Å². The quantitative estimate of drug-likeness (QED) is 0.350. The molecule has 2 aromatic rings. The van der Waals surface area contributed by atoms with Crippen molar-refractivity contribution in [1.29, 1.82) is 0 Å². The normalized spacial score (nSPS) is 18.9. The van der Waals surface area contributed by atoms with Crippen molar-refractivity contribution in [1.82, 2.24) is 0 Å². The highest BCUT2D eigenvalue weighted by Gasteiger charge is 2.47. The number of nitrogens with zero attached hydrogens (tertiary/aromatic N) is 2. The number of nitro groups is 1. The lowest BCUT2D eigenvalue weighted by molar-refractivity contribution is -0.385. The van der Waals surface area contributed by atoms with Gasteiger partial charge in [-0.3, -0.25) is 24.5 Å². The summed E-state index contributed by atoms with van der Waals surface area (Å²) < 4.78 is 0. The van der Waals surface area contributed by atoms with Crippen LogP contribution in [0.4, 0.5) is 11.4 Å². The number of Topliss-reactive ketones (excluding diaryl/α,β-unsaturated/α-hetero) is 3. The molecule has 1 atom stereocenters. The number of carbonyl (C=O) groups is 3. The van der Waals surface area contributed by atoms with Crippen LogP contribution in [0.2, 0.25) is 0 Å². The minimum absolute atomic E-state index is 0.0533. The van der Waals surface area contributed by atoms with E-state index in [1.54, 1.807) is 12.1 Å². The van der Waals surface area contributed by atoms with Crippen LogP contribution < -0.4 is 4.90 Å². The lowest BCUT2D eigenvalue weighted by Crippen LogP contribution is -2.29. The standard InChI is InChI=1S/C21H18N2O5/c24-19(13-7-9-14(10-8-13)22-11-2-1-3-12-22)18-20(25)15-5-4-6-16(23(27)28)17(15)21(18)26/h4-10,18H,1-3,11-12H2. The molecule has 0 bridgehead atoms. The Kier molecular flexibility index (Phi) is 4.50. The average molecular weight is 378 g/mol. The Balaban J connectivity index is 1.62. The topological polar surface area (TPSA) is 97.6 Å². The maximum Gasteiger partial charge on any atom is 0.280 e. The van der Waals surface area contributed by atoms with Gasteiger partial charge in [0.1, 0.15) is 11.5 Å². The molecule has 1 fully saturated rings. The highest BCUT2D eigenvalue weighted by molar-refractivity contribution is 6.38. The van der Waals surface area contributed by atoms with Gasteiger partial charge in [-0.1, -0.05) is 12.1 Å². The first-order valence-corrected chi connectivity index (χ1v) is 9.24. The monoisotopic (exact) mass is 378 g/mol. The third-order valence-corrected chi connectivity index (χ3v) is 5.41. The van der Waals surface area contributed by atoms with Crippen molar-refractivity contribution < 1.29 is 19.3 Å². The third-order valence-electron chi connectivity index (χ3n) is 5.41. The molecule has 1 saturated heterocycles. The summed E-state index contributed by atoms with van der Waals surface area (Å²) in [5.41, 5.74) is 0.497. The average Bonchev–Trinajstić information content (AvgIpc) is 2.98. The van der Waals surface area contributed by atoms with Gasteiger partial charge >= 0.3 is 0 Å². The summed E-state index contributed by atoms with van der Waals surface area (Å²) in [7, 11) is 0. The molecule has 0 N–H and O–H groups in total. The van der Waals surface area contributed by atoms with E-state index < -0.39 is 33.9 Å². The van der Waals surface area contributed by atoms with Crippen LogP contribution in [0.3, 0.4) is 0 Å². The Morgan fingerprint density at radius 1 is 0.964 bits per heavy atom. The molecular weight excluding hydrogens is 360 g/mol. The van der Waals surface area contributed by atoms with Crippen LogP contribution in [-0.4, -0.2) is 35.4 Å². The van der Waals surface area contributed by atoms with Crippen LogP contribution in [0.5, 0.6) is 0 Å². The molecule has 142 valence electrons. The number of fused-ring (bicyclic) bond motifs is 1. The van der Waals surface area contributed by atoms with Gasteiger partial charge in [0.25, 0.3) is 5.69 Å². The van der Waals surface area contributed by atoms with E-state index in [1.165, 1.54) is 24.6 Å². The minimum Gasteiger partial charge on any atom is -0.372 e. The molecule has 2 aliphatic rings. The Morgan fingerprint density at radius 3 is 2.29 bits per heavy atom. The fourth-order valence-corrected chi connectivity index (χ4v) is 3.97. The van der Waals surface area contributed by atoms with Gasteiger partial charge in [-0.15, -0.1) is 0 Å². The van der Waals surface area contributed by atoms with Gasteiger partial charge in [-0.2, -0.15) is 0 Å². The van der Waals surface area contributed by atoms with Gasteiger partial charge in [-0.25, -0.2) is 0 Å². The molecule has 4 rings (SSSR count). The third kappa shape index (κ3) is 2.89. The first-order valence-electron chi connectivity index (χ1n) is 9.24. The SMILES string of the molecule is O=C(c1ccc(N2CCCCC2)cc1)C1C(=O)c2cccc([N+](=O)[O-])c2C1=O. The van der Waals surface area contributed by atoms with Crippen molar-refractivity contribution in [3.8, 4) is 0 Å². The van der Waals surface area contributed by atoms with Crippen LogP contribution in [0.25, 0.3) is 0 Å². The second-order valence-corrected chi connectivity index (χ2v) is 7.08. The minimum atomic E-state index is -1.54. The van der Waals surface area contributed by atoms with Crippen molar-refractivity contribution in [2.45, 2.75) is 19.3 Å². The summed E-state index contributed by atoms with van der Waals surface area (Å²) >= 11 is 0. The molecule has 2 aromatic carbocycles. The first kappa shape index (κ1) is 18.0. The molecule has 1 unspecified atom stereocenters. The van der Waals surface area contributed by atoms with E-state index in [0.29, 0.717) is 0 Å². The highest BCUT2D eigenvalue weighted by atomic mass is 16.6. The van der Waals surface area contributed by atoms with Crippen LogP contribution in [0.15, 0.2) is 42.5 Å². The van der Waals surface area contributed by atoms with Gasteiger partial charge in [0.15, 0.2) is 17.3 Å². The molecule has 7 heteroatoms. The van der Waals surface area contributed by atoms with Crippen LogP contribution in [-0.2, 0) is 0 Å². The van der Waals surface area contributed by atoms with Crippen LogP contribution in [0, 0.1) is 16.0 Å². The van der Waals surface area contributed by atoms with E-state index in [-0.39, 0.29) is 16.7 Å². The molecule has 0 spiro atoms. The van der Waals surface area contributed by atoms with Gasteiger partial charge in [-0.05, 0) is 43.5 Å². The largest absolute Gasteiger partial charge is 0.372 e. The van der Waals surface area contributed by atoms with E-state index in [2.05, 4.69) is 4.90 Å². The summed E-state index contributed by atoms with van der Waals surface area (Å²) in [6.07, 6.45) is 3.47. The summed E-state index contributed by atoms with van der Waals surface area (Å²) in [6, 6.07) is 10.7. The van der Waals surface area contributed by atoms with Gasteiger partial charge < -0.3 is 4.90 Å². The summed E-state index contributed by atoms with van der Waals surface area (Å²) in [6.45, 7) is 1.93. The summed E-state index contributed by atoms with van der Waals surface area (Å²) in [4.78, 5) is 51.0. The van der Waals surface area contributed by atoms with Gasteiger partial charge in [0.05, 0.1) is 4.92 Å². The number of hydrogen-bond donors (Lipinski definition) is 0. The van der Waals surface area contributed by atoms with Crippen LogP contribution >= 0.6 is 0 Å². The number of anilines is 1. The molecule has 0 saturated carbocycles. The van der Waals surface area contributed by atoms with Crippen LogP contribution in [0.1, 0.15) is 50.3 Å². The van der Waals surface area contributed by atoms with E-state index in [4.69, 9.17) is 0 Å². The van der Waals surface area contributed by atoms with Crippen molar-refractivity contribution in [3.05, 3.63) is 69.3 Å². The number of rotatable bonds is 4. The number of hydrogen-bond acceptors (Lipinski definition) is 6. The maximum atomic E-state index is 12.9. The van der Waals surface area contributed by atoms with Gasteiger partial charge in [0.2, 0.25) is 0 Å². The second-order valence-electron chi connectivity index (χ2n) is 7.08. The molecule has 0 radical (unpaired) electrons. The zero-order valence-corrected chi connectivity index (χ0v) is 15.1. The second kappa shape index (κ2) is 6.99. The number of nitro benzene ring substituents is 1. The van der Waals surface area contributed by atoms with Gasteiger partial charge in [0, 0.05) is 36.0 Å². The van der Waals surface area contributed by atoms with E-state index >= 15 is 0 Å². The number of benzene rings is 2. The fraction of sp³-hybridized carbons (Fsp3) is 0.286. The number of carbonyl (C=O) groups excluding carboxylic acids is 3. The predicted octanol–water partition coefficient (Wildman–Crippen LogP) is 3.46. The van der Waals surface area contributed by atoms with E-state index in [1.807, 2.05) is 12.1 Å². The lowest BCUT2D eigenvalue weighted by Gasteiger charge is -2.28. The molecule has 1 aliphatic heterocycles. The van der Waals surface area contributed by atoms with E-state index in [0.717, 1.165) is 31.6 Å². The first-order chi connectivity index (χ1) is 13.5. The highest BCUT2D eigenvalue weighted by Crippen LogP contribution is 2.35. The molecule has 1 aliphatic carbocycles. The molecule has 7 nitrogen and oxygen atoms in total. The fourth-order valence-electron chi connectivity index (χ4n) is 3.97. The Hall–Kier alpha value is -3.35. The number of ketones is 3. The Bertz CT molecular complexity index is 990. The molecule has 0 amide bonds. The summed E-state index contributed by atoms with van der Waals surface area (Å²) in [5, 5.41) is 11.2. The van der Waals surface area contributed by atoms with E-state index in [9.17, 15) is 24.5 Å². The molecular formula is C21H18N2O5. The van der Waals surface area contributed by atoms with Crippen molar-refractivity contribution in [2.75, 3.05) is 18.0 Å². The van der Waals surface area contributed by atoms with Crippen molar-refractivity contribution in [3.63, 3.8) is 0 Å². The zero-order chi connectivity index (χ0) is 19.8. The Labute approximate surface area is 161 Å². The predicted molar refractivity (Wildman–Crippen MR) is 102 cm³/mol. The lowest BCUT2D eigenvalue weighted by atomic mass is 9.93. The smallest absolute Gasteiger partial charge is 0.280 e. The Morgan fingerprint density at radius 2 is 1.64 bits per heavy atom. The van der Waals surface area contributed by atoms with Crippen molar-refractivity contribution in [2.24, 2.45) is 5.92 Å². The number of piperidine rings is 1. The maximum absolute atomic E-state index is 12.9. The molecule has 1 heterocycles. The summed E-state index contributed by atoms with van der Waals surface area (Å²) in [5.74, 6) is -3.63. The molecule has 28 heavy (non-hydrogen) atoms.